The number of hydrogen-bond donors (Lipinski definition) is 0. The van der Waals surface area contributed by atoms with E-state index in [1.165, 1.54) is 12.2 Å². The molecule has 4 nitrogen and oxygen atoms in total. The number of thioether (sulfide) groups is 1. The quantitative estimate of drug-likeness (QED) is 0.734. The first-order valence-electron chi connectivity index (χ1n) is 5.21. The van der Waals surface area contributed by atoms with Crippen molar-refractivity contribution in [2.24, 2.45) is 0 Å². The van der Waals surface area contributed by atoms with Crippen molar-refractivity contribution in [2.75, 3.05) is 5.75 Å². The molecule has 0 saturated carbocycles. The number of rotatable bonds is 4. The summed E-state index contributed by atoms with van der Waals surface area (Å²) in [5.74, 6) is 2.71. The van der Waals surface area contributed by atoms with Crippen molar-refractivity contribution in [2.45, 2.75) is 37.4 Å². The Morgan fingerprint density at radius 3 is 3.27 bits per heavy atom. The van der Waals surface area contributed by atoms with Crippen molar-refractivity contribution >= 4 is 11.8 Å². The van der Waals surface area contributed by atoms with Crippen LogP contribution in [0.5, 0.6) is 0 Å². The van der Waals surface area contributed by atoms with Crippen molar-refractivity contribution in [1.82, 2.24) is 10.1 Å². The summed E-state index contributed by atoms with van der Waals surface area (Å²) in [5, 5.41) is 12.8. The fourth-order valence-corrected chi connectivity index (χ4v) is 2.80. The molecule has 1 saturated heterocycles. The lowest BCUT2D eigenvalue weighted by atomic mass is 10.2. The fourth-order valence-electron chi connectivity index (χ4n) is 1.60. The van der Waals surface area contributed by atoms with Gasteiger partial charge in [0, 0.05) is 12.8 Å². The molecule has 1 aliphatic heterocycles. The molecule has 0 bridgehead atoms. The predicted octanol–water partition coefficient (Wildman–Crippen LogP) is 2.48. The zero-order chi connectivity index (χ0) is 10.5. The van der Waals surface area contributed by atoms with Crippen LogP contribution >= 0.6 is 11.8 Å². The maximum absolute atomic E-state index is 8.40. The Morgan fingerprint density at radius 1 is 1.60 bits per heavy atom. The summed E-state index contributed by atoms with van der Waals surface area (Å²) in [5.41, 5.74) is 0. The maximum Gasteiger partial charge on any atom is 0.226 e. The van der Waals surface area contributed by atoms with E-state index in [-0.39, 0.29) is 0 Å². The van der Waals surface area contributed by atoms with Crippen molar-refractivity contribution < 1.29 is 4.52 Å². The SMILES string of the molecule is N#CCCCc1nc(C2CCCS2)no1. The molecule has 0 aliphatic carbocycles. The minimum Gasteiger partial charge on any atom is -0.339 e. The summed E-state index contributed by atoms with van der Waals surface area (Å²) in [4.78, 5) is 4.36. The highest BCUT2D eigenvalue weighted by atomic mass is 32.2. The third-order valence-corrected chi connectivity index (χ3v) is 3.75. The second-order valence-electron chi connectivity index (χ2n) is 3.56. The summed E-state index contributed by atoms with van der Waals surface area (Å²) in [6, 6.07) is 2.11. The van der Waals surface area contributed by atoms with E-state index in [0.29, 0.717) is 17.6 Å². The second-order valence-corrected chi connectivity index (χ2v) is 4.87. The number of aryl methyl sites for hydroxylation is 1. The minimum absolute atomic E-state index is 0.429. The first-order chi connectivity index (χ1) is 7.40. The molecule has 2 rings (SSSR count). The van der Waals surface area contributed by atoms with E-state index in [4.69, 9.17) is 9.78 Å². The molecule has 1 unspecified atom stereocenters. The van der Waals surface area contributed by atoms with Crippen LogP contribution in [0.1, 0.15) is 42.6 Å². The van der Waals surface area contributed by atoms with Crippen LogP contribution in [0.3, 0.4) is 0 Å². The molecule has 0 radical (unpaired) electrons. The summed E-state index contributed by atoms with van der Waals surface area (Å²) >= 11 is 1.90. The van der Waals surface area contributed by atoms with Gasteiger partial charge in [0.05, 0.1) is 11.3 Å². The van der Waals surface area contributed by atoms with E-state index < -0.39 is 0 Å². The lowest BCUT2D eigenvalue weighted by Crippen LogP contribution is -1.92. The van der Waals surface area contributed by atoms with E-state index in [9.17, 15) is 0 Å². The van der Waals surface area contributed by atoms with Gasteiger partial charge in [-0.2, -0.15) is 22.0 Å². The Bertz CT molecular complexity index is 352. The lowest BCUT2D eigenvalue weighted by Gasteiger charge is -1.98. The molecule has 15 heavy (non-hydrogen) atoms. The van der Waals surface area contributed by atoms with Crippen LogP contribution in [0.25, 0.3) is 0 Å². The monoisotopic (exact) mass is 223 g/mol. The van der Waals surface area contributed by atoms with Crippen LogP contribution in [0, 0.1) is 11.3 Å². The number of aromatic nitrogens is 2. The third-order valence-electron chi connectivity index (χ3n) is 2.38. The number of nitrogens with zero attached hydrogens (tertiary/aromatic N) is 3. The van der Waals surface area contributed by atoms with Gasteiger partial charge in [-0.15, -0.1) is 0 Å². The van der Waals surface area contributed by atoms with Gasteiger partial charge in [-0.1, -0.05) is 5.16 Å². The van der Waals surface area contributed by atoms with Crippen molar-refractivity contribution in [3.8, 4) is 6.07 Å². The van der Waals surface area contributed by atoms with E-state index in [1.54, 1.807) is 0 Å². The van der Waals surface area contributed by atoms with Gasteiger partial charge in [0.1, 0.15) is 0 Å². The molecule has 0 spiro atoms. The van der Waals surface area contributed by atoms with Crippen molar-refractivity contribution in [3.05, 3.63) is 11.7 Å². The molecule has 0 N–H and O–H groups in total. The largest absolute Gasteiger partial charge is 0.339 e. The Balaban J connectivity index is 1.89. The molecule has 1 atom stereocenters. The van der Waals surface area contributed by atoms with Gasteiger partial charge in [-0.3, -0.25) is 0 Å². The van der Waals surface area contributed by atoms with E-state index >= 15 is 0 Å². The first-order valence-corrected chi connectivity index (χ1v) is 6.26. The van der Waals surface area contributed by atoms with Gasteiger partial charge in [0.2, 0.25) is 5.89 Å². The molecule has 0 amide bonds. The average Bonchev–Trinajstić information content (AvgIpc) is 2.87. The summed E-state index contributed by atoms with van der Waals surface area (Å²) in [6.07, 6.45) is 4.47. The Hall–Kier alpha value is -1.02. The predicted molar refractivity (Wildman–Crippen MR) is 57.3 cm³/mol. The van der Waals surface area contributed by atoms with Crippen molar-refractivity contribution in [1.29, 1.82) is 5.26 Å². The molecular formula is C10H13N3OS. The number of unbranched alkanes of at least 4 members (excludes halogenated alkanes) is 1. The van der Waals surface area contributed by atoms with Crippen LogP contribution in [0.2, 0.25) is 0 Å². The molecule has 1 aromatic rings. The van der Waals surface area contributed by atoms with E-state index in [2.05, 4.69) is 16.2 Å². The van der Waals surface area contributed by atoms with Crippen LogP contribution in [0.15, 0.2) is 4.52 Å². The normalized spacial score (nSPS) is 20.3. The van der Waals surface area contributed by atoms with Crippen molar-refractivity contribution in [3.63, 3.8) is 0 Å². The third kappa shape index (κ3) is 2.72. The smallest absolute Gasteiger partial charge is 0.226 e. The molecule has 5 heteroatoms. The minimum atomic E-state index is 0.429. The highest BCUT2D eigenvalue weighted by Gasteiger charge is 2.22. The number of hydrogen-bond acceptors (Lipinski definition) is 5. The number of nitriles is 1. The molecule has 1 aromatic heterocycles. The standard InChI is InChI=1S/C10H13N3OS/c11-6-2-1-5-9-12-10(13-14-9)8-4-3-7-15-8/h8H,1-5,7H2. The summed E-state index contributed by atoms with van der Waals surface area (Å²) in [7, 11) is 0. The Kier molecular flexibility index (Phi) is 3.62. The lowest BCUT2D eigenvalue weighted by molar-refractivity contribution is 0.370. The molecule has 2 heterocycles. The van der Waals surface area contributed by atoms with Gasteiger partial charge >= 0.3 is 0 Å². The van der Waals surface area contributed by atoms with Gasteiger partial charge in [0.25, 0.3) is 0 Å². The highest BCUT2D eigenvalue weighted by Crippen LogP contribution is 2.38. The maximum atomic E-state index is 8.40. The van der Waals surface area contributed by atoms with Crippen LogP contribution in [0.4, 0.5) is 0 Å². The topological polar surface area (TPSA) is 62.7 Å². The Labute approximate surface area is 93.0 Å². The van der Waals surface area contributed by atoms with Crippen LogP contribution in [-0.2, 0) is 6.42 Å². The van der Waals surface area contributed by atoms with Gasteiger partial charge < -0.3 is 4.52 Å². The Morgan fingerprint density at radius 2 is 2.53 bits per heavy atom. The van der Waals surface area contributed by atoms with E-state index in [0.717, 1.165) is 25.1 Å². The molecule has 0 aromatic carbocycles. The van der Waals surface area contributed by atoms with E-state index in [1.807, 2.05) is 11.8 Å². The summed E-state index contributed by atoms with van der Waals surface area (Å²) < 4.78 is 5.14. The van der Waals surface area contributed by atoms with Gasteiger partial charge in [-0.25, -0.2) is 0 Å². The molecule has 80 valence electrons. The first kappa shape index (κ1) is 10.5. The van der Waals surface area contributed by atoms with Crippen LogP contribution < -0.4 is 0 Å². The summed E-state index contributed by atoms with van der Waals surface area (Å²) in [6.45, 7) is 0. The fraction of sp³-hybridized carbons (Fsp3) is 0.700. The zero-order valence-electron chi connectivity index (χ0n) is 8.48. The molecule has 1 aliphatic rings. The molecular weight excluding hydrogens is 210 g/mol. The van der Waals surface area contributed by atoms with Gasteiger partial charge in [-0.05, 0) is 25.0 Å². The zero-order valence-corrected chi connectivity index (χ0v) is 9.29. The highest BCUT2D eigenvalue weighted by molar-refractivity contribution is 7.99. The van der Waals surface area contributed by atoms with Crippen LogP contribution in [-0.4, -0.2) is 15.9 Å². The van der Waals surface area contributed by atoms with Gasteiger partial charge in [0.15, 0.2) is 5.82 Å². The average molecular weight is 223 g/mol. The molecule has 1 fully saturated rings. The second kappa shape index (κ2) is 5.17.